The lowest BCUT2D eigenvalue weighted by molar-refractivity contribution is -0.135. The number of carbonyl (C=O) groups is 2. The number of amides is 2. The first-order chi connectivity index (χ1) is 9.96. The van der Waals surface area contributed by atoms with Crippen molar-refractivity contribution in [3.8, 4) is 0 Å². The number of aliphatic hydroxyl groups excluding tert-OH is 1. The van der Waals surface area contributed by atoms with Crippen molar-refractivity contribution in [2.75, 3.05) is 19.7 Å². The van der Waals surface area contributed by atoms with E-state index in [1.165, 1.54) is 6.42 Å². The van der Waals surface area contributed by atoms with E-state index in [-0.39, 0.29) is 24.3 Å². The van der Waals surface area contributed by atoms with E-state index in [4.69, 9.17) is 0 Å². The van der Waals surface area contributed by atoms with E-state index in [0.717, 1.165) is 38.6 Å². The van der Waals surface area contributed by atoms with E-state index in [1.807, 2.05) is 0 Å². The third-order valence-corrected chi connectivity index (χ3v) is 5.02. The van der Waals surface area contributed by atoms with Crippen molar-refractivity contribution in [1.29, 1.82) is 0 Å². The number of likely N-dealkylation sites (tertiary alicyclic amines) is 1. The van der Waals surface area contributed by atoms with Crippen molar-refractivity contribution in [2.24, 2.45) is 11.8 Å². The predicted octanol–water partition coefficient (Wildman–Crippen LogP) is 1.30. The van der Waals surface area contributed by atoms with Gasteiger partial charge < -0.3 is 15.3 Å². The molecule has 120 valence electrons. The van der Waals surface area contributed by atoms with Gasteiger partial charge in [0.05, 0.1) is 18.1 Å². The lowest BCUT2D eigenvalue weighted by Crippen LogP contribution is -2.57. The molecule has 0 aromatic rings. The van der Waals surface area contributed by atoms with Gasteiger partial charge in [-0.25, -0.2) is 0 Å². The Morgan fingerprint density at radius 2 is 2.10 bits per heavy atom. The Hall–Kier alpha value is -1.10. The van der Waals surface area contributed by atoms with E-state index in [1.54, 1.807) is 11.8 Å². The smallest absolute Gasteiger partial charge is 0.225 e. The number of aliphatic hydroxyl groups is 1. The van der Waals surface area contributed by atoms with Crippen molar-refractivity contribution >= 4 is 11.8 Å². The van der Waals surface area contributed by atoms with Gasteiger partial charge in [0, 0.05) is 20.0 Å². The maximum Gasteiger partial charge on any atom is 0.225 e. The molecule has 0 bridgehead atoms. The van der Waals surface area contributed by atoms with Crippen molar-refractivity contribution in [3.05, 3.63) is 0 Å². The van der Waals surface area contributed by atoms with Gasteiger partial charge in [0.2, 0.25) is 11.8 Å². The molecule has 5 nitrogen and oxygen atoms in total. The van der Waals surface area contributed by atoms with Gasteiger partial charge in [0.15, 0.2) is 0 Å². The fourth-order valence-corrected chi connectivity index (χ4v) is 3.80. The number of rotatable bonds is 3. The number of hydrogen-bond acceptors (Lipinski definition) is 3. The zero-order valence-electron chi connectivity index (χ0n) is 13.2. The molecule has 1 aliphatic carbocycles. The molecule has 3 unspecified atom stereocenters. The number of piperidine rings is 1. The highest BCUT2D eigenvalue weighted by molar-refractivity contribution is 5.81. The predicted molar refractivity (Wildman–Crippen MR) is 80.6 cm³/mol. The first-order valence-corrected chi connectivity index (χ1v) is 8.14. The molecule has 0 aromatic heterocycles. The largest absolute Gasteiger partial charge is 0.394 e. The molecule has 2 aliphatic rings. The topological polar surface area (TPSA) is 69.6 Å². The Bertz CT molecular complexity index is 399. The Morgan fingerprint density at radius 3 is 2.71 bits per heavy atom. The second kappa shape index (κ2) is 6.77. The highest BCUT2D eigenvalue weighted by Gasteiger charge is 2.38. The van der Waals surface area contributed by atoms with Crippen LogP contribution in [-0.2, 0) is 9.59 Å². The van der Waals surface area contributed by atoms with E-state index in [2.05, 4.69) is 12.2 Å². The SMILES string of the molecule is CC(=O)N1CCCC(C(=O)NC2(CO)CCCC(C)C2)C1. The molecule has 21 heavy (non-hydrogen) atoms. The van der Waals surface area contributed by atoms with Gasteiger partial charge in [0.1, 0.15) is 0 Å². The molecular weight excluding hydrogens is 268 g/mol. The highest BCUT2D eigenvalue weighted by atomic mass is 16.3. The molecule has 1 saturated carbocycles. The summed E-state index contributed by atoms with van der Waals surface area (Å²) in [5.74, 6) is 0.439. The Morgan fingerprint density at radius 1 is 1.33 bits per heavy atom. The minimum absolute atomic E-state index is 0.00380. The van der Waals surface area contributed by atoms with Crippen molar-refractivity contribution < 1.29 is 14.7 Å². The highest BCUT2D eigenvalue weighted by Crippen LogP contribution is 2.32. The quantitative estimate of drug-likeness (QED) is 0.825. The van der Waals surface area contributed by atoms with E-state index >= 15 is 0 Å². The molecule has 3 atom stereocenters. The fourth-order valence-electron chi connectivity index (χ4n) is 3.80. The summed E-state index contributed by atoms with van der Waals surface area (Å²) in [6.07, 6.45) is 5.61. The maximum absolute atomic E-state index is 12.5. The standard InChI is InChI=1S/C16H28N2O3/c1-12-5-3-7-16(9-12,11-19)17-15(21)14-6-4-8-18(10-14)13(2)20/h12,14,19H,3-11H2,1-2H3,(H,17,21). The average Bonchev–Trinajstić information content (AvgIpc) is 2.47. The van der Waals surface area contributed by atoms with Gasteiger partial charge in [-0.1, -0.05) is 19.8 Å². The summed E-state index contributed by atoms with van der Waals surface area (Å²) < 4.78 is 0. The Labute approximate surface area is 127 Å². The van der Waals surface area contributed by atoms with Gasteiger partial charge in [-0.2, -0.15) is 0 Å². The second-order valence-electron chi connectivity index (χ2n) is 6.93. The summed E-state index contributed by atoms with van der Waals surface area (Å²) in [6.45, 7) is 5.00. The van der Waals surface area contributed by atoms with Crippen molar-refractivity contribution in [2.45, 2.75) is 57.9 Å². The average molecular weight is 296 g/mol. The molecular formula is C16H28N2O3. The zero-order valence-corrected chi connectivity index (χ0v) is 13.2. The molecule has 1 saturated heterocycles. The molecule has 5 heteroatoms. The zero-order chi connectivity index (χ0) is 15.5. The number of carbonyl (C=O) groups excluding carboxylic acids is 2. The minimum Gasteiger partial charge on any atom is -0.394 e. The van der Waals surface area contributed by atoms with Crippen LogP contribution in [0, 0.1) is 11.8 Å². The van der Waals surface area contributed by atoms with Gasteiger partial charge in [-0.05, 0) is 31.6 Å². The molecule has 2 rings (SSSR count). The molecule has 0 aromatic carbocycles. The fraction of sp³-hybridized carbons (Fsp3) is 0.875. The number of nitrogens with one attached hydrogen (secondary N) is 1. The van der Waals surface area contributed by atoms with Crippen LogP contribution in [0.1, 0.15) is 52.4 Å². The lowest BCUT2D eigenvalue weighted by Gasteiger charge is -2.41. The third kappa shape index (κ3) is 3.96. The van der Waals surface area contributed by atoms with Gasteiger partial charge in [-0.15, -0.1) is 0 Å². The van der Waals surface area contributed by atoms with E-state index in [0.29, 0.717) is 12.5 Å². The molecule has 2 N–H and O–H groups in total. The molecule has 0 radical (unpaired) electrons. The summed E-state index contributed by atoms with van der Waals surface area (Å²) >= 11 is 0. The molecule has 1 aliphatic heterocycles. The van der Waals surface area contributed by atoms with Crippen molar-refractivity contribution in [3.63, 3.8) is 0 Å². The van der Waals surface area contributed by atoms with Crippen LogP contribution in [0.3, 0.4) is 0 Å². The molecule has 2 amide bonds. The van der Waals surface area contributed by atoms with Crippen LogP contribution in [0.15, 0.2) is 0 Å². The Balaban J connectivity index is 1.97. The van der Waals surface area contributed by atoms with Gasteiger partial charge in [-0.3, -0.25) is 9.59 Å². The minimum atomic E-state index is -0.451. The number of hydrogen-bond donors (Lipinski definition) is 2. The van der Waals surface area contributed by atoms with Crippen LogP contribution < -0.4 is 5.32 Å². The maximum atomic E-state index is 12.5. The lowest BCUT2D eigenvalue weighted by atomic mass is 9.76. The normalized spacial score (nSPS) is 33.6. The monoisotopic (exact) mass is 296 g/mol. The summed E-state index contributed by atoms with van der Waals surface area (Å²) in [4.78, 5) is 25.8. The number of nitrogens with zero attached hydrogens (tertiary/aromatic N) is 1. The van der Waals surface area contributed by atoms with Crippen LogP contribution in [-0.4, -0.2) is 47.1 Å². The summed E-state index contributed by atoms with van der Waals surface area (Å²) in [6, 6.07) is 0. The first-order valence-electron chi connectivity index (χ1n) is 8.14. The Kier molecular flexibility index (Phi) is 5.25. The van der Waals surface area contributed by atoms with Crippen LogP contribution in [0.4, 0.5) is 0 Å². The summed E-state index contributed by atoms with van der Waals surface area (Å²) in [7, 11) is 0. The van der Waals surface area contributed by atoms with Gasteiger partial charge in [0.25, 0.3) is 0 Å². The van der Waals surface area contributed by atoms with Crippen LogP contribution in [0.25, 0.3) is 0 Å². The van der Waals surface area contributed by atoms with Gasteiger partial charge >= 0.3 is 0 Å². The van der Waals surface area contributed by atoms with Crippen LogP contribution in [0.5, 0.6) is 0 Å². The molecule has 1 heterocycles. The van der Waals surface area contributed by atoms with E-state index < -0.39 is 5.54 Å². The first kappa shape index (κ1) is 16.3. The second-order valence-corrected chi connectivity index (χ2v) is 6.93. The third-order valence-electron chi connectivity index (χ3n) is 5.02. The summed E-state index contributed by atoms with van der Waals surface area (Å²) in [5, 5.41) is 12.9. The van der Waals surface area contributed by atoms with Crippen LogP contribution >= 0.6 is 0 Å². The summed E-state index contributed by atoms with van der Waals surface area (Å²) in [5.41, 5.74) is -0.451. The van der Waals surface area contributed by atoms with Crippen molar-refractivity contribution in [1.82, 2.24) is 10.2 Å². The van der Waals surface area contributed by atoms with E-state index in [9.17, 15) is 14.7 Å². The van der Waals surface area contributed by atoms with Crippen LogP contribution in [0.2, 0.25) is 0 Å². The molecule has 2 fully saturated rings. The molecule has 0 spiro atoms.